The van der Waals surface area contributed by atoms with Gasteiger partial charge in [-0.15, -0.1) is 0 Å². The molecule has 8 bridgehead atoms. The summed E-state index contributed by atoms with van der Waals surface area (Å²) in [5.41, 5.74) is 14.3. The molecule has 0 fully saturated rings. The first kappa shape index (κ1) is 31.1. The van der Waals surface area contributed by atoms with Crippen molar-refractivity contribution in [2.75, 3.05) is 7.05 Å². The van der Waals surface area contributed by atoms with Gasteiger partial charge < -0.3 is 15.0 Å². The van der Waals surface area contributed by atoms with E-state index in [0.29, 0.717) is 0 Å². The van der Waals surface area contributed by atoms with E-state index in [1.807, 2.05) is 84.3 Å². The van der Waals surface area contributed by atoms with E-state index in [1.165, 1.54) is 0 Å². The molecule has 5 aliphatic rings. The first-order valence-corrected chi connectivity index (χ1v) is 17.2. The topological polar surface area (TPSA) is 84.1 Å². The monoisotopic (exact) mass is 677 g/mol. The first-order chi connectivity index (χ1) is 25.4. The van der Waals surface area contributed by atoms with Crippen LogP contribution in [0.2, 0.25) is 0 Å². The number of phenolic OH excluding ortho intramolecular Hbond substituents is 1. The van der Waals surface area contributed by atoms with Crippen molar-refractivity contribution >= 4 is 33.9 Å². The van der Waals surface area contributed by atoms with Crippen LogP contribution in [0.15, 0.2) is 190 Å². The highest BCUT2D eigenvalue weighted by molar-refractivity contribution is 6.36. The van der Waals surface area contributed by atoms with Gasteiger partial charge in [-0.2, -0.15) is 0 Å². The van der Waals surface area contributed by atoms with Gasteiger partial charge in [-0.25, -0.2) is 24.1 Å². The number of hydrogen-bond donors (Lipinski definition) is 2. The maximum atomic E-state index is 10.6. The molecule has 0 radical (unpaired) electrons. The molecule has 0 unspecified atom stereocenters. The number of aliphatic imine (C=N–C) groups is 3. The second kappa shape index (κ2) is 12.4. The zero-order valence-electron chi connectivity index (χ0n) is 29.0. The molecule has 4 aromatic rings. The first-order valence-electron chi connectivity index (χ1n) is 17.2. The number of aromatic nitrogens is 3. The molecule has 3 aromatic heterocycles. The van der Waals surface area contributed by atoms with Gasteiger partial charge in [0.1, 0.15) is 19.8 Å². The number of allylic oxidation sites excluding steroid dienone is 11. The summed E-state index contributed by atoms with van der Waals surface area (Å²) < 4.78 is 4.06. The molecule has 0 saturated heterocycles. The van der Waals surface area contributed by atoms with Crippen molar-refractivity contribution in [1.29, 1.82) is 0 Å². The molecule has 2 N–H and O–H groups in total. The quantitative estimate of drug-likeness (QED) is 0.239. The number of rotatable bonds is 3. The third-order valence-corrected chi connectivity index (χ3v) is 9.62. The van der Waals surface area contributed by atoms with Crippen molar-refractivity contribution in [3.8, 4) is 5.75 Å². The van der Waals surface area contributed by atoms with Gasteiger partial charge in [-0.3, -0.25) is 0 Å². The van der Waals surface area contributed by atoms with Crippen molar-refractivity contribution < 1.29 is 14.2 Å². The lowest BCUT2D eigenvalue weighted by molar-refractivity contribution is -0.671. The van der Waals surface area contributed by atoms with Crippen molar-refractivity contribution in [2.24, 2.45) is 29.1 Å². The van der Waals surface area contributed by atoms with Crippen LogP contribution >= 0.6 is 0 Å². The summed E-state index contributed by atoms with van der Waals surface area (Å²) in [7, 11) is 6.04. The Hall–Kier alpha value is -6.93. The van der Waals surface area contributed by atoms with E-state index in [1.54, 1.807) is 12.1 Å². The van der Waals surface area contributed by atoms with Gasteiger partial charge in [-0.1, -0.05) is 12.1 Å². The van der Waals surface area contributed by atoms with Crippen molar-refractivity contribution in [3.05, 3.63) is 203 Å². The number of aryl methyl sites for hydroxylation is 2. The van der Waals surface area contributed by atoms with Gasteiger partial charge in [-0.05, 0) is 95.1 Å². The lowest BCUT2D eigenvalue weighted by Crippen LogP contribution is -2.26. The van der Waals surface area contributed by atoms with E-state index in [0.717, 1.165) is 90.2 Å². The fourth-order valence-corrected chi connectivity index (χ4v) is 7.01. The molecule has 8 heterocycles. The molecule has 52 heavy (non-hydrogen) atoms. The minimum Gasteiger partial charge on any atom is -0.508 e. The van der Waals surface area contributed by atoms with Gasteiger partial charge in [0, 0.05) is 77.4 Å². The summed E-state index contributed by atoms with van der Waals surface area (Å²) in [6.07, 6.45) is 28.9. The Morgan fingerprint density at radius 1 is 0.538 bits per heavy atom. The maximum Gasteiger partial charge on any atom is 0.169 e. The molecule has 0 saturated carbocycles. The number of nitrogens with zero attached hydrogens (tertiary/aromatic N) is 6. The van der Waals surface area contributed by atoms with Gasteiger partial charge in [0.05, 0.1) is 34.2 Å². The molecule has 8 nitrogen and oxygen atoms in total. The highest BCUT2D eigenvalue weighted by atomic mass is 16.3. The van der Waals surface area contributed by atoms with Crippen molar-refractivity contribution in [2.45, 2.75) is 0 Å². The molecular formula is C44H35N7O+2. The Labute approximate surface area is 301 Å². The number of H-pyrrole nitrogens is 1. The SMILES string of the molecule is CN1C=CC(=C2C3=NC(=C(c4cccc(O)c4)C4=NC(=C(c5cc[n+](C)cc5)c5ccc([nH]5)C(c5cc[n+](C)cc5)=C5C=CC2=N5)C=C4)C=C3)C=C1. The molecule has 250 valence electrons. The summed E-state index contributed by atoms with van der Waals surface area (Å²) in [5, 5.41) is 10.6. The number of pyridine rings is 2. The van der Waals surface area contributed by atoms with E-state index in [-0.39, 0.29) is 5.75 Å². The summed E-state index contributed by atoms with van der Waals surface area (Å²) in [4.78, 5) is 21.8. The smallest absolute Gasteiger partial charge is 0.169 e. The molecule has 9 rings (SSSR count). The highest BCUT2D eigenvalue weighted by Gasteiger charge is 2.27. The Balaban J connectivity index is 1.37. The average Bonchev–Trinajstić information content (AvgIpc) is 3.98. The van der Waals surface area contributed by atoms with Crippen LogP contribution in [0, 0.1) is 0 Å². The summed E-state index contributed by atoms with van der Waals surface area (Å²) >= 11 is 0. The van der Waals surface area contributed by atoms with Crippen molar-refractivity contribution in [3.63, 3.8) is 0 Å². The second-order valence-corrected chi connectivity index (χ2v) is 13.2. The maximum absolute atomic E-state index is 10.6. The number of benzene rings is 1. The number of phenols is 1. The van der Waals surface area contributed by atoms with Crippen molar-refractivity contribution in [1.82, 2.24) is 9.88 Å². The molecule has 0 spiro atoms. The van der Waals surface area contributed by atoms with Crippen LogP contribution in [0.3, 0.4) is 0 Å². The van der Waals surface area contributed by atoms with E-state index < -0.39 is 0 Å². The Bertz CT molecular complexity index is 2560. The number of hydrogen-bond acceptors (Lipinski definition) is 5. The van der Waals surface area contributed by atoms with Gasteiger partial charge >= 0.3 is 0 Å². The van der Waals surface area contributed by atoms with E-state index in [9.17, 15) is 5.11 Å². The molecule has 8 heteroatoms. The Morgan fingerprint density at radius 2 is 1.02 bits per heavy atom. The van der Waals surface area contributed by atoms with E-state index >= 15 is 0 Å². The van der Waals surface area contributed by atoms with Crippen LogP contribution in [0.1, 0.15) is 28.1 Å². The predicted molar refractivity (Wildman–Crippen MR) is 206 cm³/mol. The summed E-state index contributed by atoms with van der Waals surface area (Å²) in [5.74, 6) is 0.177. The predicted octanol–water partition coefficient (Wildman–Crippen LogP) is 6.61. The largest absolute Gasteiger partial charge is 0.508 e. The number of fused-ring (bicyclic) bond motifs is 5. The summed E-state index contributed by atoms with van der Waals surface area (Å²) in [6.45, 7) is 0. The van der Waals surface area contributed by atoms with Crippen LogP contribution in [0.25, 0.3) is 16.7 Å². The molecule has 0 atom stereocenters. The number of aromatic amines is 1. The minimum absolute atomic E-state index is 0.177. The van der Waals surface area contributed by atoms with E-state index in [4.69, 9.17) is 15.0 Å². The highest BCUT2D eigenvalue weighted by Crippen LogP contribution is 2.38. The Kier molecular flexibility index (Phi) is 7.43. The van der Waals surface area contributed by atoms with E-state index in [2.05, 4.69) is 90.2 Å². The standard InChI is InChI=1S/C44H34N7O/c1-49-21-15-28(16-22-49)41-33-7-9-35(45-33)42(29-17-23-50(2)24-18-29)37-11-13-39(47-37)44(31-5-4-6-32(52)27-31)40-14-12-38(48-40)43(36-10-8-34(41)46-36)30-19-25-51(3)26-20-30/h4-27H,1-3H3,(H-,45,46,47,48,52)/q+1/p+1. The third kappa shape index (κ3) is 5.56. The second-order valence-electron chi connectivity index (χ2n) is 13.2. The van der Waals surface area contributed by atoms with Crippen LogP contribution in [0.5, 0.6) is 5.75 Å². The lowest BCUT2D eigenvalue weighted by atomic mass is 9.97. The number of nitrogens with one attached hydrogen (secondary N) is 1. The average molecular weight is 678 g/mol. The third-order valence-electron chi connectivity index (χ3n) is 9.62. The molecule has 1 aromatic carbocycles. The summed E-state index contributed by atoms with van der Waals surface area (Å²) in [6, 6.07) is 20.0. The van der Waals surface area contributed by atoms with Crippen LogP contribution in [0.4, 0.5) is 0 Å². The minimum atomic E-state index is 0.177. The Morgan fingerprint density at radius 3 is 1.52 bits per heavy atom. The zero-order valence-corrected chi connectivity index (χ0v) is 29.0. The molecular weight excluding hydrogens is 643 g/mol. The zero-order chi connectivity index (χ0) is 35.3. The number of aromatic hydroxyl groups is 1. The van der Waals surface area contributed by atoms with Gasteiger partial charge in [0.2, 0.25) is 0 Å². The lowest BCUT2D eigenvalue weighted by Gasteiger charge is -2.16. The van der Waals surface area contributed by atoms with Gasteiger partial charge in [0.25, 0.3) is 0 Å². The van der Waals surface area contributed by atoms with Crippen LogP contribution < -0.4 is 9.13 Å². The molecule has 0 aliphatic carbocycles. The van der Waals surface area contributed by atoms with Crippen LogP contribution in [-0.2, 0) is 14.1 Å². The molecule has 5 aliphatic heterocycles. The fourth-order valence-electron chi connectivity index (χ4n) is 7.01. The van der Waals surface area contributed by atoms with Gasteiger partial charge in [0.15, 0.2) is 24.8 Å². The fraction of sp³-hybridized carbons (Fsp3) is 0.0682. The molecule has 0 amide bonds. The van der Waals surface area contributed by atoms with Crippen LogP contribution in [-0.4, -0.2) is 39.2 Å². The normalized spacial score (nSPS) is 17.6.